The minimum Gasteiger partial charge on any atom is -0.352 e. The summed E-state index contributed by atoms with van der Waals surface area (Å²) in [6.45, 7) is 4.82. The summed E-state index contributed by atoms with van der Waals surface area (Å²) < 4.78 is 32.7. The van der Waals surface area contributed by atoms with Crippen LogP contribution in [-0.2, 0) is 21.4 Å². The Kier molecular flexibility index (Phi) is 6.22. The lowest BCUT2D eigenvalue weighted by Gasteiger charge is -2.30. The molecule has 1 aliphatic heterocycles. The Labute approximate surface area is 185 Å². The Morgan fingerprint density at radius 2 is 1.94 bits per heavy atom. The maximum Gasteiger partial charge on any atom is 0.252 e. The van der Waals surface area contributed by atoms with Gasteiger partial charge in [-0.05, 0) is 31.4 Å². The summed E-state index contributed by atoms with van der Waals surface area (Å²) in [4.78, 5) is 16.7. The fraction of sp³-hybridized carbons (Fsp3) is 0.381. The molecule has 1 N–H and O–H groups in total. The van der Waals surface area contributed by atoms with Crippen molar-refractivity contribution >= 4 is 27.3 Å². The van der Waals surface area contributed by atoms with Gasteiger partial charge in [-0.1, -0.05) is 35.0 Å². The number of aromatic nitrogens is 2. The molecule has 2 aromatic heterocycles. The molecule has 164 valence electrons. The minimum atomic E-state index is -3.62. The predicted octanol–water partition coefficient (Wildman–Crippen LogP) is 3.13. The maximum atomic E-state index is 13.0. The Morgan fingerprint density at radius 3 is 2.58 bits per heavy atom. The van der Waals surface area contributed by atoms with E-state index in [1.54, 1.807) is 18.4 Å². The largest absolute Gasteiger partial charge is 0.352 e. The molecule has 3 aromatic rings. The third-order valence-electron chi connectivity index (χ3n) is 5.37. The van der Waals surface area contributed by atoms with Gasteiger partial charge < -0.3 is 9.84 Å². The molecule has 8 nitrogen and oxygen atoms in total. The molecule has 0 saturated carbocycles. The van der Waals surface area contributed by atoms with Crippen molar-refractivity contribution in [2.75, 3.05) is 13.1 Å². The molecule has 0 bridgehead atoms. The Bertz CT molecular complexity index is 1160. The zero-order valence-electron chi connectivity index (χ0n) is 17.4. The number of nitrogens with one attached hydrogen (secondary N) is 1. The summed E-state index contributed by atoms with van der Waals surface area (Å²) in [5.74, 6) is 0.592. The highest BCUT2D eigenvalue weighted by Gasteiger charge is 2.33. The number of aryl methyl sites for hydroxylation is 2. The lowest BCUT2D eigenvalue weighted by Crippen LogP contribution is -2.42. The molecular weight excluding hydrogens is 436 g/mol. The van der Waals surface area contributed by atoms with Crippen molar-refractivity contribution in [3.05, 3.63) is 52.7 Å². The van der Waals surface area contributed by atoms with E-state index in [2.05, 4.69) is 15.5 Å². The second kappa shape index (κ2) is 8.89. The van der Waals surface area contributed by atoms with Crippen molar-refractivity contribution in [2.45, 2.75) is 37.4 Å². The van der Waals surface area contributed by atoms with E-state index in [-0.39, 0.29) is 16.0 Å². The van der Waals surface area contributed by atoms with Crippen LogP contribution in [0.25, 0.3) is 11.4 Å². The van der Waals surface area contributed by atoms with Crippen molar-refractivity contribution in [1.82, 2.24) is 19.8 Å². The standard InChI is InChI=1S/C21H24N4O4S2/c1-14-3-5-16(6-4-14)12-22-21(26)17-7-9-25(10-8-17)31(27,28)19-11-18(13-30-19)20-23-15(2)29-24-20/h3-6,11,13,17H,7-10,12H2,1-2H3,(H,22,26). The number of hydrogen-bond acceptors (Lipinski definition) is 7. The fourth-order valence-electron chi connectivity index (χ4n) is 3.51. The highest BCUT2D eigenvalue weighted by molar-refractivity contribution is 7.91. The van der Waals surface area contributed by atoms with Gasteiger partial charge in [0.15, 0.2) is 0 Å². The monoisotopic (exact) mass is 460 g/mol. The first-order valence-electron chi connectivity index (χ1n) is 10.1. The number of nitrogens with zero attached hydrogens (tertiary/aromatic N) is 3. The molecule has 1 fully saturated rings. The highest BCUT2D eigenvalue weighted by Crippen LogP contribution is 2.31. The van der Waals surface area contributed by atoms with E-state index in [9.17, 15) is 13.2 Å². The van der Waals surface area contributed by atoms with Crippen LogP contribution in [0.4, 0.5) is 0 Å². The van der Waals surface area contributed by atoms with Crippen LogP contribution >= 0.6 is 11.3 Å². The van der Waals surface area contributed by atoms with Gasteiger partial charge in [-0.15, -0.1) is 11.3 Å². The Morgan fingerprint density at radius 1 is 1.23 bits per heavy atom. The number of piperidine rings is 1. The molecule has 10 heteroatoms. The lowest BCUT2D eigenvalue weighted by molar-refractivity contribution is -0.126. The average molecular weight is 461 g/mol. The third kappa shape index (κ3) is 4.86. The summed E-state index contributed by atoms with van der Waals surface area (Å²) in [6.07, 6.45) is 1.00. The molecule has 31 heavy (non-hydrogen) atoms. The minimum absolute atomic E-state index is 0.0245. The van der Waals surface area contributed by atoms with E-state index in [0.29, 0.717) is 49.8 Å². The van der Waals surface area contributed by atoms with Gasteiger partial charge >= 0.3 is 0 Å². The molecule has 1 saturated heterocycles. The molecule has 4 rings (SSSR count). The third-order valence-corrected chi connectivity index (χ3v) is 8.68. The van der Waals surface area contributed by atoms with Crippen molar-refractivity contribution in [2.24, 2.45) is 5.92 Å². The number of carbonyl (C=O) groups is 1. The maximum absolute atomic E-state index is 13.0. The van der Waals surface area contributed by atoms with Crippen molar-refractivity contribution in [3.8, 4) is 11.4 Å². The molecule has 0 atom stereocenters. The van der Waals surface area contributed by atoms with Crippen LogP contribution in [0.2, 0.25) is 0 Å². The number of carbonyl (C=O) groups excluding carboxylic acids is 1. The number of benzene rings is 1. The average Bonchev–Trinajstić information content (AvgIpc) is 3.43. The number of rotatable bonds is 6. The van der Waals surface area contributed by atoms with Gasteiger partial charge in [0.2, 0.25) is 17.6 Å². The van der Waals surface area contributed by atoms with E-state index in [0.717, 1.165) is 16.9 Å². The van der Waals surface area contributed by atoms with E-state index in [1.807, 2.05) is 31.2 Å². The molecule has 0 spiro atoms. The molecule has 0 radical (unpaired) electrons. The van der Waals surface area contributed by atoms with E-state index >= 15 is 0 Å². The molecule has 0 aliphatic carbocycles. The molecule has 1 aliphatic rings. The lowest BCUT2D eigenvalue weighted by atomic mass is 9.97. The second-order valence-electron chi connectivity index (χ2n) is 7.67. The van der Waals surface area contributed by atoms with Crippen LogP contribution in [-0.4, -0.2) is 41.9 Å². The Hall–Kier alpha value is -2.56. The number of thiophene rings is 1. The molecule has 3 heterocycles. The van der Waals surface area contributed by atoms with E-state index in [1.165, 1.54) is 9.87 Å². The normalized spacial score (nSPS) is 15.8. The van der Waals surface area contributed by atoms with Crippen LogP contribution in [0.5, 0.6) is 0 Å². The van der Waals surface area contributed by atoms with Crippen molar-refractivity contribution < 1.29 is 17.7 Å². The van der Waals surface area contributed by atoms with Gasteiger partial charge in [0.25, 0.3) is 10.0 Å². The van der Waals surface area contributed by atoms with Crippen molar-refractivity contribution in [3.63, 3.8) is 0 Å². The van der Waals surface area contributed by atoms with Gasteiger partial charge in [0.1, 0.15) is 4.21 Å². The van der Waals surface area contributed by atoms with Crippen LogP contribution in [0.1, 0.15) is 29.9 Å². The quantitative estimate of drug-likeness (QED) is 0.606. The van der Waals surface area contributed by atoms with Crippen LogP contribution in [0.3, 0.4) is 0 Å². The summed E-state index contributed by atoms with van der Waals surface area (Å²) in [5, 5.41) is 8.51. The van der Waals surface area contributed by atoms with Crippen LogP contribution in [0.15, 0.2) is 44.4 Å². The van der Waals surface area contributed by atoms with Gasteiger partial charge in [-0.3, -0.25) is 4.79 Å². The smallest absolute Gasteiger partial charge is 0.252 e. The topological polar surface area (TPSA) is 105 Å². The van der Waals surface area contributed by atoms with Gasteiger partial charge in [0, 0.05) is 43.4 Å². The molecule has 0 unspecified atom stereocenters. The number of amides is 1. The zero-order chi connectivity index (χ0) is 22.0. The van der Waals surface area contributed by atoms with Gasteiger partial charge in [-0.25, -0.2) is 8.42 Å². The molecular formula is C21H24N4O4S2. The first kappa shape index (κ1) is 21.7. The summed E-state index contributed by atoms with van der Waals surface area (Å²) in [7, 11) is -3.62. The first-order valence-corrected chi connectivity index (χ1v) is 12.4. The summed E-state index contributed by atoms with van der Waals surface area (Å²) >= 11 is 1.14. The van der Waals surface area contributed by atoms with Gasteiger partial charge in [-0.2, -0.15) is 9.29 Å². The summed E-state index contributed by atoms with van der Waals surface area (Å²) in [6, 6.07) is 9.60. The molecule has 1 aromatic carbocycles. The zero-order valence-corrected chi connectivity index (χ0v) is 19.0. The number of hydrogen-bond donors (Lipinski definition) is 1. The van der Waals surface area contributed by atoms with Crippen LogP contribution < -0.4 is 5.32 Å². The van der Waals surface area contributed by atoms with Crippen LogP contribution in [0, 0.1) is 19.8 Å². The molecule has 1 amide bonds. The van der Waals surface area contributed by atoms with E-state index < -0.39 is 10.0 Å². The summed E-state index contributed by atoms with van der Waals surface area (Å²) in [5.41, 5.74) is 2.84. The first-order chi connectivity index (χ1) is 14.8. The second-order valence-corrected chi connectivity index (χ2v) is 10.7. The Balaban J connectivity index is 1.34. The van der Waals surface area contributed by atoms with Crippen molar-refractivity contribution in [1.29, 1.82) is 0 Å². The number of sulfonamides is 1. The highest BCUT2D eigenvalue weighted by atomic mass is 32.2. The van der Waals surface area contributed by atoms with E-state index in [4.69, 9.17) is 4.52 Å². The SMILES string of the molecule is Cc1ccc(CNC(=O)C2CCN(S(=O)(=O)c3cc(-c4noc(C)n4)cs3)CC2)cc1. The van der Waals surface area contributed by atoms with Gasteiger partial charge in [0.05, 0.1) is 0 Å². The predicted molar refractivity (Wildman–Crippen MR) is 117 cm³/mol. The fourth-order valence-corrected chi connectivity index (χ4v) is 6.29.